The molecule has 0 aliphatic heterocycles. The molecule has 3 rings (SSSR count). The Morgan fingerprint density at radius 2 is 1.96 bits per heavy atom. The number of methoxy groups -OCH3 is 1. The van der Waals surface area contributed by atoms with Crippen LogP contribution in [0.4, 0.5) is 0 Å². The van der Waals surface area contributed by atoms with Gasteiger partial charge in [-0.25, -0.2) is 4.98 Å². The lowest BCUT2D eigenvalue weighted by Crippen LogP contribution is -2.14. The van der Waals surface area contributed by atoms with Gasteiger partial charge < -0.3 is 15.2 Å². The van der Waals surface area contributed by atoms with E-state index in [0.717, 1.165) is 11.1 Å². The smallest absolute Gasteiger partial charge is 0.181 e. The Morgan fingerprint density at radius 1 is 1.17 bits per heavy atom. The number of H-pyrrole nitrogens is 1. The molecule has 0 fully saturated rings. The third-order valence-electron chi connectivity index (χ3n) is 3.58. The van der Waals surface area contributed by atoms with Crippen molar-refractivity contribution in [2.24, 2.45) is 5.73 Å². The Kier molecular flexibility index (Phi) is 4.72. The van der Waals surface area contributed by atoms with Crippen LogP contribution in [0.15, 0.2) is 42.7 Å². The Hall–Kier alpha value is -2.93. The van der Waals surface area contributed by atoms with E-state index >= 15 is 0 Å². The normalized spacial score (nSPS) is 12.0. The van der Waals surface area contributed by atoms with Crippen LogP contribution in [0.25, 0.3) is 11.4 Å². The molecule has 2 aromatic heterocycles. The van der Waals surface area contributed by atoms with Crippen molar-refractivity contribution in [2.45, 2.75) is 13.0 Å². The van der Waals surface area contributed by atoms with Gasteiger partial charge in [0.05, 0.1) is 19.8 Å². The lowest BCUT2D eigenvalue weighted by molar-refractivity contribution is 0.310. The first-order valence-electron chi connectivity index (χ1n) is 7.62. The fraction of sp³-hybridized carbons (Fsp3) is 0.235. The highest BCUT2D eigenvalue weighted by Gasteiger charge is 2.17. The lowest BCUT2D eigenvalue weighted by atomic mass is 10.1. The number of hydrogen-bond donors (Lipinski definition) is 2. The highest BCUT2D eigenvalue weighted by molar-refractivity contribution is 5.53. The SMILES string of the molecule is CCOc1cc([C@@H](N)c2nc(-c3ccncc3)n[nH]2)ccc1OC. The second-order valence-corrected chi connectivity index (χ2v) is 5.10. The van der Waals surface area contributed by atoms with Crippen LogP contribution in [0.3, 0.4) is 0 Å². The van der Waals surface area contributed by atoms with Crippen LogP contribution in [0.2, 0.25) is 0 Å². The third kappa shape index (κ3) is 3.21. The maximum atomic E-state index is 6.32. The van der Waals surface area contributed by atoms with Crippen LogP contribution in [-0.2, 0) is 0 Å². The van der Waals surface area contributed by atoms with Gasteiger partial charge in [0.1, 0.15) is 5.82 Å². The van der Waals surface area contributed by atoms with Crippen LogP contribution in [0.1, 0.15) is 24.4 Å². The molecule has 24 heavy (non-hydrogen) atoms. The Morgan fingerprint density at radius 3 is 2.67 bits per heavy atom. The summed E-state index contributed by atoms with van der Waals surface area (Å²) in [6, 6.07) is 8.83. The quantitative estimate of drug-likeness (QED) is 0.721. The van der Waals surface area contributed by atoms with Crippen LogP contribution in [-0.4, -0.2) is 33.9 Å². The molecule has 7 heteroatoms. The number of ether oxygens (including phenoxy) is 2. The number of aromatic nitrogens is 4. The van der Waals surface area contributed by atoms with E-state index in [0.29, 0.717) is 29.8 Å². The van der Waals surface area contributed by atoms with Crippen molar-refractivity contribution in [1.29, 1.82) is 0 Å². The third-order valence-corrected chi connectivity index (χ3v) is 3.58. The molecule has 0 amide bonds. The zero-order chi connectivity index (χ0) is 16.9. The Bertz CT molecular complexity index is 804. The molecule has 7 nitrogen and oxygen atoms in total. The monoisotopic (exact) mass is 325 g/mol. The van der Waals surface area contributed by atoms with Crippen molar-refractivity contribution in [1.82, 2.24) is 20.2 Å². The predicted octanol–water partition coefficient (Wildman–Crippen LogP) is 2.32. The number of nitrogens with two attached hydrogens (primary N) is 1. The van der Waals surface area contributed by atoms with E-state index in [4.69, 9.17) is 15.2 Å². The van der Waals surface area contributed by atoms with Crippen molar-refractivity contribution in [3.05, 3.63) is 54.1 Å². The van der Waals surface area contributed by atoms with Crippen LogP contribution >= 0.6 is 0 Å². The van der Waals surface area contributed by atoms with Gasteiger partial charge in [-0.15, -0.1) is 0 Å². The molecule has 1 atom stereocenters. The van der Waals surface area contributed by atoms with Crippen molar-refractivity contribution in [3.63, 3.8) is 0 Å². The fourth-order valence-corrected chi connectivity index (χ4v) is 2.36. The predicted molar refractivity (Wildman–Crippen MR) is 89.8 cm³/mol. The summed E-state index contributed by atoms with van der Waals surface area (Å²) in [6.45, 7) is 2.47. The Balaban J connectivity index is 1.88. The molecule has 0 aliphatic carbocycles. The summed E-state index contributed by atoms with van der Waals surface area (Å²) in [4.78, 5) is 8.47. The van der Waals surface area contributed by atoms with E-state index in [2.05, 4.69) is 20.2 Å². The van der Waals surface area contributed by atoms with Gasteiger partial charge in [-0.1, -0.05) is 6.07 Å². The van der Waals surface area contributed by atoms with Crippen LogP contribution in [0.5, 0.6) is 11.5 Å². The van der Waals surface area contributed by atoms with Crippen molar-refractivity contribution < 1.29 is 9.47 Å². The van der Waals surface area contributed by atoms with Gasteiger partial charge in [0.15, 0.2) is 17.3 Å². The van der Waals surface area contributed by atoms with E-state index in [1.807, 2.05) is 37.3 Å². The van der Waals surface area contributed by atoms with Crippen LogP contribution in [0, 0.1) is 0 Å². The molecule has 0 saturated carbocycles. The number of rotatable bonds is 6. The fourth-order valence-electron chi connectivity index (χ4n) is 2.36. The molecule has 0 saturated heterocycles. The molecule has 1 aromatic carbocycles. The summed E-state index contributed by atoms with van der Waals surface area (Å²) in [5.41, 5.74) is 8.06. The van der Waals surface area contributed by atoms with Crippen molar-refractivity contribution in [2.75, 3.05) is 13.7 Å². The topological polar surface area (TPSA) is 98.9 Å². The first kappa shape index (κ1) is 15.9. The number of hydrogen-bond acceptors (Lipinski definition) is 6. The summed E-state index contributed by atoms with van der Waals surface area (Å²) in [5.74, 6) is 2.49. The van der Waals surface area contributed by atoms with Gasteiger partial charge in [-0.2, -0.15) is 5.10 Å². The van der Waals surface area contributed by atoms with E-state index < -0.39 is 6.04 Å². The summed E-state index contributed by atoms with van der Waals surface area (Å²) < 4.78 is 10.9. The number of nitrogens with zero attached hydrogens (tertiary/aromatic N) is 3. The van der Waals surface area contributed by atoms with Gasteiger partial charge in [0.25, 0.3) is 0 Å². The number of nitrogens with one attached hydrogen (secondary N) is 1. The largest absolute Gasteiger partial charge is 0.493 e. The lowest BCUT2D eigenvalue weighted by Gasteiger charge is -2.14. The second-order valence-electron chi connectivity index (χ2n) is 5.10. The molecule has 0 radical (unpaired) electrons. The minimum absolute atomic E-state index is 0.446. The standard InChI is InChI=1S/C17H19N5O2/c1-3-24-14-10-12(4-5-13(14)23-2)15(18)17-20-16(21-22-17)11-6-8-19-9-7-11/h4-10,15H,3,18H2,1-2H3,(H,20,21,22)/t15-/m1/s1. The van der Waals surface area contributed by atoms with Gasteiger partial charge in [-0.3, -0.25) is 10.1 Å². The molecule has 2 heterocycles. The van der Waals surface area contributed by atoms with Gasteiger partial charge in [0, 0.05) is 18.0 Å². The summed E-state index contributed by atoms with van der Waals surface area (Å²) in [7, 11) is 1.61. The number of aromatic amines is 1. The number of pyridine rings is 1. The molecule has 0 unspecified atom stereocenters. The van der Waals surface area contributed by atoms with Crippen molar-refractivity contribution in [3.8, 4) is 22.9 Å². The van der Waals surface area contributed by atoms with Gasteiger partial charge >= 0.3 is 0 Å². The highest BCUT2D eigenvalue weighted by atomic mass is 16.5. The van der Waals surface area contributed by atoms with E-state index in [9.17, 15) is 0 Å². The summed E-state index contributed by atoms with van der Waals surface area (Å²) in [6.07, 6.45) is 3.40. The molecule has 0 bridgehead atoms. The molecule has 0 spiro atoms. The van der Waals surface area contributed by atoms with Crippen LogP contribution < -0.4 is 15.2 Å². The molecule has 0 aliphatic rings. The average Bonchev–Trinajstić information content (AvgIpc) is 3.12. The highest BCUT2D eigenvalue weighted by Crippen LogP contribution is 2.31. The molecule has 3 aromatic rings. The zero-order valence-corrected chi connectivity index (χ0v) is 13.6. The van der Waals surface area contributed by atoms with Crippen molar-refractivity contribution >= 4 is 0 Å². The first-order valence-corrected chi connectivity index (χ1v) is 7.62. The first-order chi connectivity index (χ1) is 11.7. The minimum Gasteiger partial charge on any atom is -0.493 e. The van der Waals surface area contributed by atoms with Gasteiger partial charge in [-0.05, 0) is 36.8 Å². The minimum atomic E-state index is -0.446. The zero-order valence-electron chi connectivity index (χ0n) is 13.6. The number of benzene rings is 1. The molecule has 3 N–H and O–H groups in total. The summed E-state index contributed by atoms with van der Waals surface area (Å²) >= 11 is 0. The average molecular weight is 325 g/mol. The molecular weight excluding hydrogens is 306 g/mol. The summed E-state index contributed by atoms with van der Waals surface area (Å²) in [5, 5.41) is 7.13. The molecular formula is C17H19N5O2. The molecule has 124 valence electrons. The second kappa shape index (κ2) is 7.10. The maximum Gasteiger partial charge on any atom is 0.181 e. The van der Waals surface area contributed by atoms with E-state index in [1.54, 1.807) is 19.5 Å². The van der Waals surface area contributed by atoms with E-state index in [-0.39, 0.29) is 0 Å². The van der Waals surface area contributed by atoms with Gasteiger partial charge in [0.2, 0.25) is 0 Å². The van der Waals surface area contributed by atoms with E-state index in [1.165, 1.54) is 0 Å². The Labute approximate surface area is 139 Å². The maximum absolute atomic E-state index is 6.32.